The minimum absolute atomic E-state index is 0.224. The van der Waals surface area contributed by atoms with E-state index in [1.807, 2.05) is 30.3 Å². The number of benzene rings is 1. The lowest BCUT2D eigenvalue weighted by molar-refractivity contribution is 0.0409. The Morgan fingerprint density at radius 1 is 1.16 bits per heavy atom. The summed E-state index contributed by atoms with van der Waals surface area (Å²) in [6.07, 6.45) is 1.67. The van der Waals surface area contributed by atoms with E-state index in [1.165, 1.54) is 0 Å². The van der Waals surface area contributed by atoms with Crippen molar-refractivity contribution in [1.82, 2.24) is 10.1 Å². The number of ether oxygens (including phenoxy) is 1. The Balaban J connectivity index is 1.92. The first-order valence-electron chi connectivity index (χ1n) is 6.51. The van der Waals surface area contributed by atoms with Gasteiger partial charge < -0.3 is 15.0 Å². The second kappa shape index (κ2) is 5.11. The lowest BCUT2D eigenvalue weighted by Gasteiger charge is -2.32. The highest BCUT2D eigenvalue weighted by molar-refractivity contribution is 5.53. The molecule has 2 N–H and O–H groups in total. The van der Waals surface area contributed by atoms with Crippen LogP contribution in [0.4, 0.5) is 0 Å². The van der Waals surface area contributed by atoms with Gasteiger partial charge in [0.2, 0.25) is 11.7 Å². The van der Waals surface area contributed by atoms with E-state index in [-0.39, 0.29) is 5.41 Å². The molecule has 0 radical (unpaired) electrons. The first-order valence-corrected chi connectivity index (χ1v) is 6.51. The van der Waals surface area contributed by atoms with Crippen molar-refractivity contribution < 1.29 is 9.26 Å². The van der Waals surface area contributed by atoms with E-state index in [0.29, 0.717) is 31.5 Å². The molecule has 0 spiro atoms. The van der Waals surface area contributed by atoms with Gasteiger partial charge in [-0.3, -0.25) is 0 Å². The van der Waals surface area contributed by atoms with E-state index in [0.717, 1.165) is 18.4 Å². The molecule has 100 valence electrons. The van der Waals surface area contributed by atoms with Gasteiger partial charge >= 0.3 is 0 Å². The van der Waals surface area contributed by atoms with Crippen LogP contribution in [0.15, 0.2) is 34.9 Å². The maximum absolute atomic E-state index is 5.93. The summed E-state index contributed by atoms with van der Waals surface area (Å²) in [5.41, 5.74) is 6.67. The van der Waals surface area contributed by atoms with Crippen molar-refractivity contribution in [1.29, 1.82) is 0 Å². The summed E-state index contributed by atoms with van der Waals surface area (Å²) in [4.78, 5) is 4.53. The fraction of sp³-hybridized carbons (Fsp3) is 0.429. The molecule has 0 unspecified atom stereocenters. The van der Waals surface area contributed by atoms with Crippen molar-refractivity contribution >= 4 is 0 Å². The Morgan fingerprint density at radius 2 is 1.89 bits per heavy atom. The van der Waals surface area contributed by atoms with Crippen LogP contribution in [0.1, 0.15) is 18.7 Å². The average molecular weight is 259 g/mol. The van der Waals surface area contributed by atoms with Gasteiger partial charge in [0, 0.05) is 25.3 Å². The van der Waals surface area contributed by atoms with Gasteiger partial charge in [0.25, 0.3) is 0 Å². The zero-order valence-electron chi connectivity index (χ0n) is 10.7. The predicted molar refractivity (Wildman–Crippen MR) is 70.5 cm³/mol. The third-order valence-corrected chi connectivity index (χ3v) is 3.75. The number of nitrogens with zero attached hydrogens (tertiary/aromatic N) is 2. The van der Waals surface area contributed by atoms with E-state index in [2.05, 4.69) is 10.1 Å². The number of hydrogen-bond acceptors (Lipinski definition) is 5. The van der Waals surface area contributed by atoms with Crippen molar-refractivity contribution in [2.75, 3.05) is 19.8 Å². The highest BCUT2D eigenvalue weighted by Crippen LogP contribution is 2.33. The number of hydrogen-bond donors (Lipinski definition) is 1. The highest BCUT2D eigenvalue weighted by Gasteiger charge is 2.38. The quantitative estimate of drug-likeness (QED) is 0.908. The molecule has 1 saturated heterocycles. The van der Waals surface area contributed by atoms with Crippen molar-refractivity contribution in [3.8, 4) is 11.4 Å². The fourth-order valence-electron chi connectivity index (χ4n) is 2.41. The second-order valence-corrected chi connectivity index (χ2v) is 4.89. The third kappa shape index (κ3) is 2.27. The van der Waals surface area contributed by atoms with Crippen molar-refractivity contribution in [2.24, 2.45) is 5.73 Å². The molecule has 19 heavy (non-hydrogen) atoms. The van der Waals surface area contributed by atoms with E-state index in [1.54, 1.807) is 0 Å². The molecule has 1 aromatic carbocycles. The summed E-state index contributed by atoms with van der Waals surface area (Å²) in [6, 6.07) is 9.81. The smallest absolute Gasteiger partial charge is 0.234 e. The van der Waals surface area contributed by atoms with Crippen LogP contribution in [0, 0.1) is 0 Å². The molecule has 5 nitrogen and oxygen atoms in total. The topological polar surface area (TPSA) is 74.2 Å². The SMILES string of the molecule is NCC1(c2nc(-c3ccccc3)no2)CCOCC1. The lowest BCUT2D eigenvalue weighted by atomic mass is 9.80. The van der Waals surface area contributed by atoms with Crippen LogP contribution < -0.4 is 5.73 Å². The normalized spacial score (nSPS) is 18.4. The molecular formula is C14H17N3O2. The van der Waals surface area contributed by atoms with Crippen LogP contribution in [-0.2, 0) is 10.2 Å². The van der Waals surface area contributed by atoms with Gasteiger partial charge in [-0.1, -0.05) is 35.5 Å². The molecule has 0 saturated carbocycles. The number of nitrogens with two attached hydrogens (primary N) is 1. The van der Waals surface area contributed by atoms with Gasteiger partial charge in [-0.05, 0) is 12.8 Å². The predicted octanol–water partition coefficient (Wildman–Crippen LogP) is 1.74. The minimum Gasteiger partial charge on any atom is -0.381 e. The van der Waals surface area contributed by atoms with Crippen LogP contribution >= 0.6 is 0 Å². The van der Waals surface area contributed by atoms with Crippen molar-refractivity contribution in [3.63, 3.8) is 0 Å². The molecule has 1 aliphatic rings. The van der Waals surface area contributed by atoms with Crippen molar-refractivity contribution in [2.45, 2.75) is 18.3 Å². The van der Waals surface area contributed by atoms with Crippen LogP contribution in [0.3, 0.4) is 0 Å². The van der Waals surface area contributed by atoms with Crippen molar-refractivity contribution in [3.05, 3.63) is 36.2 Å². The van der Waals surface area contributed by atoms with E-state index in [9.17, 15) is 0 Å². The number of aromatic nitrogens is 2. The first kappa shape index (κ1) is 12.3. The Labute approximate surface area is 111 Å². The molecule has 5 heteroatoms. The van der Waals surface area contributed by atoms with Gasteiger partial charge in [0.05, 0.1) is 5.41 Å². The summed E-state index contributed by atoms with van der Waals surface area (Å²) < 4.78 is 10.9. The third-order valence-electron chi connectivity index (χ3n) is 3.75. The molecule has 0 aliphatic carbocycles. The molecule has 1 fully saturated rings. The van der Waals surface area contributed by atoms with Crippen LogP contribution in [0.25, 0.3) is 11.4 Å². The van der Waals surface area contributed by atoms with Crippen LogP contribution in [0.5, 0.6) is 0 Å². The van der Waals surface area contributed by atoms with E-state index in [4.69, 9.17) is 15.0 Å². The minimum atomic E-state index is -0.224. The Kier molecular flexibility index (Phi) is 3.31. The molecule has 1 aromatic heterocycles. The summed E-state index contributed by atoms with van der Waals surface area (Å²) in [5, 5.41) is 4.07. The average Bonchev–Trinajstić information content (AvgIpc) is 2.99. The maximum atomic E-state index is 5.93. The van der Waals surface area contributed by atoms with Gasteiger partial charge in [-0.15, -0.1) is 0 Å². The van der Waals surface area contributed by atoms with Gasteiger partial charge in [0.1, 0.15) is 0 Å². The van der Waals surface area contributed by atoms with Crippen LogP contribution in [-0.4, -0.2) is 29.9 Å². The summed E-state index contributed by atoms with van der Waals surface area (Å²) in [5.74, 6) is 1.26. The Morgan fingerprint density at radius 3 is 2.58 bits per heavy atom. The van der Waals surface area contributed by atoms with E-state index >= 15 is 0 Å². The lowest BCUT2D eigenvalue weighted by Crippen LogP contribution is -2.40. The Bertz CT molecular complexity index is 533. The second-order valence-electron chi connectivity index (χ2n) is 4.89. The monoisotopic (exact) mass is 259 g/mol. The number of rotatable bonds is 3. The molecule has 0 atom stereocenters. The zero-order valence-corrected chi connectivity index (χ0v) is 10.7. The van der Waals surface area contributed by atoms with Gasteiger partial charge in [-0.2, -0.15) is 4.98 Å². The molecule has 3 rings (SSSR count). The summed E-state index contributed by atoms with van der Waals surface area (Å²) >= 11 is 0. The van der Waals surface area contributed by atoms with Gasteiger partial charge in [-0.25, -0.2) is 0 Å². The highest BCUT2D eigenvalue weighted by atomic mass is 16.5. The largest absolute Gasteiger partial charge is 0.381 e. The fourth-order valence-corrected chi connectivity index (χ4v) is 2.41. The Hall–Kier alpha value is -1.72. The zero-order chi connectivity index (χ0) is 13.1. The molecule has 2 heterocycles. The summed E-state index contributed by atoms with van der Waals surface area (Å²) in [6.45, 7) is 1.90. The standard InChI is InChI=1S/C14H17N3O2/c15-10-14(6-8-18-9-7-14)13-16-12(17-19-13)11-4-2-1-3-5-11/h1-5H,6-10,15H2. The van der Waals surface area contributed by atoms with Crippen LogP contribution in [0.2, 0.25) is 0 Å². The maximum Gasteiger partial charge on any atom is 0.234 e. The first-order chi connectivity index (χ1) is 9.34. The van der Waals surface area contributed by atoms with E-state index < -0.39 is 0 Å². The van der Waals surface area contributed by atoms with Gasteiger partial charge in [0.15, 0.2) is 0 Å². The molecule has 0 amide bonds. The molecule has 2 aromatic rings. The molecule has 0 bridgehead atoms. The molecule has 1 aliphatic heterocycles. The summed E-state index contributed by atoms with van der Waals surface area (Å²) in [7, 11) is 0. The molecular weight excluding hydrogens is 242 g/mol.